The maximum absolute atomic E-state index is 11.0. The van der Waals surface area contributed by atoms with Gasteiger partial charge in [0.05, 0.1) is 0 Å². The van der Waals surface area contributed by atoms with E-state index in [0.717, 1.165) is 37.7 Å². The lowest BCUT2D eigenvalue weighted by molar-refractivity contribution is -0.144. The summed E-state index contributed by atoms with van der Waals surface area (Å²) in [6, 6.07) is 0. The lowest BCUT2D eigenvalue weighted by atomic mass is 9.94. The number of carbonyl (C=O) groups excluding carboxylic acids is 1. The molecular formula is C12H18N2O3S. The van der Waals surface area contributed by atoms with Crippen LogP contribution in [0.5, 0.6) is 0 Å². The van der Waals surface area contributed by atoms with E-state index in [4.69, 9.17) is 14.5 Å². The van der Waals surface area contributed by atoms with E-state index in [0.29, 0.717) is 6.61 Å². The fourth-order valence-corrected chi connectivity index (χ4v) is 3.84. The number of amidine groups is 1. The summed E-state index contributed by atoms with van der Waals surface area (Å²) in [5.41, 5.74) is -0.333. The molecule has 5 nitrogen and oxygen atoms in total. The van der Waals surface area contributed by atoms with Gasteiger partial charge in [0.15, 0.2) is 5.17 Å². The first-order chi connectivity index (χ1) is 8.70. The van der Waals surface area contributed by atoms with Gasteiger partial charge in [-0.25, -0.2) is 4.99 Å². The third-order valence-corrected chi connectivity index (χ3v) is 4.99. The maximum atomic E-state index is 11.0. The van der Waals surface area contributed by atoms with Crippen molar-refractivity contribution < 1.29 is 14.3 Å². The summed E-state index contributed by atoms with van der Waals surface area (Å²) in [5, 5.41) is 1.07. The van der Waals surface area contributed by atoms with Gasteiger partial charge < -0.3 is 14.4 Å². The van der Waals surface area contributed by atoms with Gasteiger partial charge in [0.25, 0.3) is 0 Å². The number of likely N-dealkylation sites (tertiary alicyclic amines) is 1. The third kappa shape index (κ3) is 2.12. The van der Waals surface area contributed by atoms with Crippen LogP contribution in [-0.2, 0) is 14.3 Å². The van der Waals surface area contributed by atoms with Crippen molar-refractivity contribution in [2.45, 2.75) is 37.2 Å². The molecule has 6 heteroatoms. The predicted octanol–water partition coefficient (Wildman–Crippen LogP) is 1.23. The second-order valence-corrected chi connectivity index (χ2v) is 6.07. The van der Waals surface area contributed by atoms with Gasteiger partial charge in [0, 0.05) is 26.6 Å². The summed E-state index contributed by atoms with van der Waals surface area (Å²) in [6.07, 6.45) is 3.16. The molecule has 0 radical (unpaired) electrons. The van der Waals surface area contributed by atoms with Gasteiger partial charge in [-0.3, -0.25) is 4.79 Å². The van der Waals surface area contributed by atoms with Crippen LogP contribution in [0.3, 0.4) is 0 Å². The van der Waals surface area contributed by atoms with Gasteiger partial charge in [0.1, 0.15) is 17.6 Å². The molecule has 100 valence electrons. The number of thioether (sulfide) groups is 1. The van der Waals surface area contributed by atoms with Crippen LogP contribution in [0.15, 0.2) is 4.99 Å². The number of hydrogen-bond donors (Lipinski definition) is 0. The SMILES string of the molecule is CC(=O)OCC12CCCOC1SC(N1CCC1)=N2. The fourth-order valence-electron chi connectivity index (χ4n) is 2.46. The Hall–Kier alpha value is -0.750. The van der Waals surface area contributed by atoms with Crippen LogP contribution in [0, 0.1) is 0 Å². The topological polar surface area (TPSA) is 51.1 Å². The number of carbonyl (C=O) groups is 1. The highest BCUT2D eigenvalue weighted by atomic mass is 32.2. The highest BCUT2D eigenvalue weighted by Crippen LogP contribution is 2.44. The number of aliphatic imine (C=N–C) groups is 1. The second-order valence-electron chi connectivity index (χ2n) is 5.04. The number of nitrogens with zero attached hydrogens (tertiary/aromatic N) is 2. The number of ether oxygens (including phenoxy) is 2. The first-order valence-electron chi connectivity index (χ1n) is 6.46. The Kier molecular flexibility index (Phi) is 3.23. The molecule has 0 aliphatic carbocycles. The zero-order valence-corrected chi connectivity index (χ0v) is 11.4. The molecule has 18 heavy (non-hydrogen) atoms. The summed E-state index contributed by atoms with van der Waals surface area (Å²) in [5.74, 6) is -0.244. The van der Waals surface area contributed by atoms with E-state index < -0.39 is 0 Å². The lowest BCUT2D eigenvalue weighted by Crippen LogP contribution is -2.45. The molecule has 2 unspecified atom stereocenters. The quantitative estimate of drug-likeness (QED) is 0.706. The molecule has 0 N–H and O–H groups in total. The van der Waals surface area contributed by atoms with E-state index in [9.17, 15) is 4.79 Å². The molecule has 3 heterocycles. The number of hydrogen-bond acceptors (Lipinski definition) is 6. The summed E-state index contributed by atoms with van der Waals surface area (Å²) in [4.78, 5) is 18.1. The van der Waals surface area contributed by atoms with Crippen LogP contribution < -0.4 is 0 Å². The third-order valence-electron chi connectivity index (χ3n) is 3.64. The molecule has 2 fully saturated rings. The van der Waals surface area contributed by atoms with Crippen molar-refractivity contribution in [2.24, 2.45) is 4.99 Å². The van der Waals surface area contributed by atoms with Crippen molar-refractivity contribution in [3.05, 3.63) is 0 Å². The van der Waals surface area contributed by atoms with Crippen LogP contribution in [0.25, 0.3) is 0 Å². The van der Waals surface area contributed by atoms with E-state index in [1.807, 2.05) is 0 Å². The lowest BCUT2D eigenvalue weighted by Gasteiger charge is -2.35. The van der Waals surface area contributed by atoms with Gasteiger partial charge >= 0.3 is 5.97 Å². The molecule has 0 aromatic heterocycles. The molecule has 3 aliphatic heterocycles. The van der Waals surface area contributed by atoms with Crippen LogP contribution in [0.1, 0.15) is 26.2 Å². The van der Waals surface area contributed by atoms with Crippen molar-refractivity contribution in [1.29, 1.82) is 0 Å². The van der Waals surface area contributed by atoms with E-state index >= 15 is 0 Å². The normalized spacial score (nSPS) is 34.6. The monoisotopic (exact) mass is 270 g/mol. The van der Waals surface area contributed by atoms with Crippen LogP contribution in [0.2, 0.25) is 0 Å². The average molecular weight is 270 g/mol. The molecule has 2 saturated heterocycles. The van der Waals surface area contributed by atoms with E-state index in [2.05, 4.69) is 4.90 Å². The molecule has 0 aromatic carbocycles. The summed E-state index contributed by atoms with van der Waals surface area (Å²) < 4.78 is 11.0. The van der Waals surface area contributed by atoms with Crippen LogP contribution in [0.4, 0.5) is 0 Å². The Bertz CT molecular complexity index is 384. The number of rotatable bonds is 2. The number of fused-ring (bicyclic) bond motifs is 1. The largest absolute Gasteiger partial charge is 0.463 e. The average Bonchev–Trinajstić information content (AvgIpc) is 2.63. The molecule has 0 amide bonds. The minimum Gasteiger partial charge on any atom is -0.463 e. The Morgan fingerprint density at radius 2 is 2.44 bits per heavy atom. The highest BCUT2D eigenvalue weighted by molar-refractivity contribution is 8.14. The van der Waals surface area contributed by atoms with E-state index in [-0.39, 0.29) is 16.9 Å². The molecule has 0 bridgehead atoms. The zero-order chi connectivity index (χ0) is 12.6. The summed E-state index contributed by atoms with van der Waals surface area (Å²) in [6.45, 7) is 4.74. The van der Waals surface area contributed by atoms with Crippen molar-refractivity contribution in [3.8, 4) is 0 Å². The first-order valence-corrected chi connectivity index (χ1v) is 7.34. The Labute approximate surface area is 111 Å². The van der Waals surface area contributed by atoms with E-state index in [1.165, 1.54) is 13.3 Å². The molecular weight excluding hydrogens is 252 g/mol. The molecule has 0 aromatic rings. The highest BCUT2D eigenvalue weighted by Gasteiger charge is 2.50. The first kappa shape index (κ1) is 12.3. The van der Waals surface area contributed by atoms with Crippen molar-refractivity contribution in [1.82, 2.24) is 4.90 Å². The van der Waals surface area contributed by atoms with Crippen LogP contribution >= 0.6 is 11.8 Å². The second kappa shape index (κ2) is 4.74. The van der Waals surface area contributed by atoms with Crippen molar-refractivity contribution in [3.63, 3.8) is 0 Å². The van der Waals surface area contributed by atoms with Gasteiger partial charge in [-0.1, -0.05) is 11.8 Å². The molecule has 0 saturated carbocycles. The molecule has 0 spiro atoms. The van der Waals surface area contributed by atoms with Gasteiger partial charge in [-0.15, -0.1) is 0 Å². The smallest absolute Gasteiger partial charge is 0.302 e. The van der Waals surface area contributed by atoms with Crippen LogP contribution in [-0.4, -0.2) is 53.3 Å². The standard InChI is InChI=1S/C12H18N2O3S/c1-9(15)17-8-12-4-2-7-16-10(12)18-11(13-12)14-5-3-6-14/h10H,2-8H2,1H3. The molecule has 3 aliphatic rings. The summed E-state index contributed by atoms with van der Waals surface area (Å²) in [7, 11) is 0. The molecule has 3 rings (SSSR count). The zero-order valence-electron chi connectivity index (χ0n) is 10.6. The Morgan fingerprint density at radius 3 is 3.11 bits per heavy atom. The minimum atomic E-state index is -0.348. The van der Waals surface area contributed by atoms with Gasteiger partial charge in [-0.05, 0) is 19.3 Å². The maximum Gasteiger partial charge on any atom is 0.302 e. The van der Waals surface area contributed by atoms with Crippen molar-refractivity contribution >= 4 is 22.9 Å². The van der Waals surface area contributed by atoms with Crippen molar-refractivity contribution in [2.75, 3.05) is 26.3 Å². The fraction of sp³-hybridized carbons (Fsp3) is 0.833. The Morgan fingerprint density at radius 1 is 1.61 bits per heavy atom. The molecule has 2 atom stereocenters. The van der Waals surface area contributed by atoms with Gasteiger partial charge in [0.2, 0.25) is 0 Å². The Balaban J connectivity index is 1.76. The summed E-state index contributed by atoms with van der Waals surface area (Å²) >= 11 is 1.69. The van der Waals surface area contributed by atoms with E-state index in [1.54, 1.807) is 11.8 Å². The van der Waals surface area contributed by atoms with Gasteiger partial charge in [-0.2, -0.15) is 0 Å². The number of esters is 1. The predicted molar refractivity (Wildman–Crippen MR) is 69.6 cm³/mol. The minimum absolute atomic E-state index is 0.0150.